The van der Waals surface area contributed by atoms with E-state index in [4.69, 9.17) is 13.8 Å². The minimum Gasteiger partial charge on any atom is -0.456 e. The lowest BCUT2D eigenvalue weighted by Crippen LogP contribution is -2.11. The normalized spacial score (nSPS) is 11.5. The van der Waals surface area contributed by atoms with Gasteiger partial charge in [0, 0.05) is 39.3 Å². The average molecular weight is 731 g/mol. The van der Waals surface area contributed by atoms with Crippen molar-refractivity contribution in [3.05, 3.63) is 206 Å². The Morgan fingerprint density at radius 3 is 1.70 bits per heavy atom. The van der Waals surface area contributed by atoms with Crippen molar-refractivity contribution in [2.45, 2.75) is 0 Å². The zero-order valence-electron chi connectivity index (χ0n) is 30.8. The summed E-state index contributed by atoms with van der Waals surface area (Å²) in [6, 6.07) is 72.6. The summed E-state index contributed by atoms with van der Waals surface area (Å²) in [5.74, 6) is 0.605. The molecule has 0 spiro atoms. The van der Waals surface area contributed by atoms with Gasteiger partial charge in [-0.15, -0.1) is 0 Å². The summed E-state index contributed by atoms with van der Waals surface area (Å²) in [4.78, 5) is 7.16. The quantitative estimate of drug-likeness (QED) is 0.164. The fraction of sp³-hybridized carbons (Fsp3) is 0. The summed E-state index contributed by atoms with van der Waals surface area (Å²) in [5.41, 5.74) is 14.2. The van der Waals surface area contributed by atoms with E-state index in [1.165, 1.54) is 33.0 Å². The highest BCUT2D eigenvalue weighted by molar-refractivity contribution is 6.10. The molecule has 0 saturated heterocycles. The molecule has 0 amide bonds. The summed E-state index contributed by atoms with van der Waals surface area (Å²) in [5, 5.41) is 4.51. The number of anilines is 3. The number of para-hydroxylation sites is 1. The summed E-state index contributed by atoms with van der Waals surface area (Å²) in [6.07, 6.45) is 0. The number of fused-ring (bicyclic) bond motifs is 5. The largest absolute Gasteiger partial charge is 0.456 e. The van der Waals surface area contributed by atoms with E-state index >= 15 is 0 Å². The van der Waals surface area contributed by atoms with Gasteiger partial charge in [-0.3, -0.25) is 0 Å². The van der Waals surface area contributed by atoms with E-state index in [-0.39, 0.29) is 0 Å². The predicted octanol–water partition coefficient (Wildman–Crippen LogP) is 15.0. The molecule has 9 aromatic carbocycles. The van der Waals surface area contributed by atoms with Crippen molar-refractivity contribution in [2.75, 3.05) is 4.90 Å². The lowest BCUT2D eigenvalue weighted by molar-refractivity contribution is 0.617. The molecule has 0 aliphatic rings. The molecule has 4 heteroatoms. The van der Waals surface area contributed by atoms with Crippen molar-refractivity contribution in [2.24, 2.45) is 0 Å². The van der Waals surface area contributed by atoms with E-state index in [2.05, 4.69) is 175 Å². The molecule has 0 radical (unpaired) electrons. The third-order valence-electron chi connectivity index (χ3n) is 10.9. The second-order valence-electron chi connectivity index (χ2n) is 14.4. The Balaban J connectivity index is 0.983. The van der Waals surface area contributed by atoms with Crippen LogP contribution in [0.5, 0.6) is 0 Å². The summed E-state index contributed by atoms with van der Waals surface area (Å²) in [6.45, 7) is 0. The highest BCUT2D eigenvalue weighted by atomic mass is 16.4. The van der Waals surface area contributed by atoms with E-state index in [9.17, 15) is 0 Å². The first-order valence-electron chi connectivity index (χ1n) is 19.2. The molecule has 11 aromatic rings. The van der Waals surface area contributed by atoms with Crippen LogP contribution >= 0.6 is 0 Å². The molecular formula is C53H34N2O2. The number of hydrogen-bond donors (Lipinski definition) is 0. The second kappa shape index (κ2) is 13.6. The maximum absolute atomic E-state index is 6.45. The van der Waals surface area contributed by atoms with Gasteiger partial charge in [-0.2, -0.15) is 0 Å². The molecule has 0 N–H and O–H groups in total. The minimum absolute atomic E-state index is 0.605. The van der Waals surface area contributed by atoms with Crippen LogP contribution in [0.25, 0.3) is 88.6 Å². The SMILES string of the molecule is c1ccc(-c2ccc(N(c3ccc(-c4ccc5c(c4)oc4cc6oc(-c7ccccc7)nc6cc45)cc3)c3ccccc3-c3cccc4ccccc34)cc2)cc1. The Hall–Kier alpha value is -7.69. The van der Waals surface area contributed by atoms with Crippen molar-refractivity contribution in [1.82, 2.24) is 4.98 Å². The molecule has 0 bridgehead atoms. The fourth-order valence-electron chi connectivity index (χ4n) is 8.10. The Labute approximate surface area is 329 Å². The number of oxazole rings is 1. The highest BCUT2D eigenvalue weighted by Gasteiger charge is 2.19. The molecule has 0 unspecified atom stereocenters. The first-order valence-corrected chi connectivity index (χ1v) is 19.2. The van der Waals surface area contributed by atoms with Gasteiger partial charge < -0.3 is 13.7 Å². The predicted molar refractivity (Wildman–Crippen MR) is 235 cm³/mol. The van der Waals surface area contributed by atoms with Crippen molar-refractivity contribution in [3.8, 4) is 44.8 Å². The van der Waals surface area contributed by atoms with Gasteiger partial charge in [0.25, 0.3) is 0 Å². The van der Waals surface area contributed by atoms with Crippen LogP contribution < -0.4 is 4.90 Å². The van der Waals surface area contributed by atoms with Gasteiger partial charge in [0.15, 0.2) is 5.58 Å². The monoisotopic (exact) mass is 730 g/mol. The van der Waals surface area contributed by atoms with Crippen LogP contribution in [0.4, 0.5) is 17.1 Å². The lowest BCUT2D eigenvalue weighted by Gasteiger charge is -2.28. The van der Waals surface area contributed by atoms with E-state index in [1.54, 1.807) is 0 Å². The average Bonchev–Trinajstić information content (AvgIpc) is 3.87. The third-order valence-corrected chi connectivity index (χ3v) is 10.9. The summed E-state index contributed by atoms with van der Waals surface area (Å²) >= 11 is 0. The second-order valence-corrected chi connectivity index (χ2v) is 14.4. The number of furan rings is 1. The molecule has 11 rings (SSSR count). The highest BCUT2D eigenvalue weighted by Crippen LogP contribution is 2.44. The first kappa shape index (κ1) is 32.7. The summed E-state index contributed by atoms with van der Waals surface area (Å²) in [7, 11) is 0. The number of benzene rings is 9. The van der Waals surface area contributed by atoms with Crippen LogP contribution in [-0.4, -0.2) is 4.98 Å². The number of hydrogen-bond acceptors (Lipinski definition) is 4. The van der Waals surface area contributed by atoms with Crippen molar-refractivity contribution >= 4 is 60.9 Å². The lowest BCUT2D eigenvalue weighted by atomic mass is 9.96. The van der Waals surface area contributed by atoms with Crippen molar-refractivity contribution in [3.63, 3.8) is 0 Å². The zero-order valence-corrected chi connectivity index (χ0v) is 30.8. The van der Waals surface area contributed by atoms with Gasteiger partial charge in [-0.25, -0.2) is 4.98 Å². The summed E-state index contributed by atoms with van der Waals surface area (Å²) < 4.78 is 12.6. The smallest absolute Gasteiger partial charge is 0.227 e. The van der Waals surface area contributed by atoms with Crippen molar-refractivity contribution in [1.29, 1.82) is 0 Å². The van der Waals surface area contributed by atoms with Crippen LogP contribution in [0.15, 0.2) is 215 Å². The van der Waals surface area contributed by atoms with Gasteiger partial charge in [-0.1, -0.05) is 140 Å². The van der Waals surface area contributed by atoms with Crippen LogP contribution in [0.1, 0.15) is 0 Å². The number of aromatic nitrogens is 1. The standard InChI is InChI=1S/C53H34N2O2/c1-3-12-35(13-4-1)36-22-27-41(28-23-36)55(49-21-10-9-19-45(49)44-20-11-17-38-14-7-8-18-43(38)44)42-29-24-37(25-30-42)40-26-31-46-47-33-48-52(34-51(47)56-50(46)32-40)57-53(54-48)39-15-5-2-6-16-39/h1-34H. The molecule has 57 heavy (non-hydrogen) atoms. The number of rotatable bonds is 7. The van der Waals surface area contributed by atoms with Crippen LogP contribution in [0.2, 0.25) is 0 Å². The van der Waals surface area contributed by atoms with E-state index < -0.39 is 0 Å². The Bertz CT molecular complexity index is 3210. The molecule has 0 aliphatic carbocycles. The molecule has 268 valence electrons. The van der Waals surface area contributed by atoms with Crippen molar-refractivity contribution < 1.29 is 8.83 Å². The Morgan fingerprint density at radius 2 is 0.930 bits per heavy atom. The Kier molecular flexibility index (Phi) is 7.78. The maximum atomic E-state index is 6.45. The maximum Gasteiger partial charge on any atom is 0.227 e. The van der Waals surface area contributed by atoms with Gasteiger partial charge in [0.1, 0.15) is 16.7 Å². The molecule has 2 heterocycles. The van der Waals surface area contributed by atoms with Crippen LogP contribution in [-0.2, 0) is 0 Å². The molecule has 2 aromatic heterocycles. The fourth-order valence-corrected chi connectivity index (χ4v) is 8.10. The van der Waals surface area contributed by atoms with Crippen LogP contribution in [0, 0.1) is 0 Å². The van der Waals surface area contributed by atoms with Gasteiger partial charge in [0.2, 0.25) is 5.89 Å². The molecular weight excluding hydrogens is 697 g/mol. The minimum atomic E-state index is 0.605. The number of nitrogens with zero attached hydrogens (tertiary/aromatic N) is 2. The van der Waals surface area contributed by atoms with E-state index in [1.807, 2.05) is 36.4 Å². The van der Waals surface area contributed by atoms with E-state index in [0.29, 0.717) is 11.5 Å². The zero-order chi connectivity index (χ0) is 37.7. The van der Waals surface area contributed by atoms with E-state index in [0.717, 1.165) is 61.2 Å². The Morgan fingerprint density at radius 1 is 0.351 bits per heavy atom. The third kappa shape index (κ3) is 5.83. The van der Waals surface area contributed by atoms with Gasteiger partial charge in [0.05, 0.1) is 5.69 Å². The van der Waals surface area contributed by atoms with Gasteiger partial charge >= 0.3 is 0 Å². The molecule has 4 nitrogen and oxygen atoms in total. The molecule has 0 aliphatic heterocycles. The molecule has 0 saturated carbocycles. The first-order chi connectivity index (χ1) is 28.2. The van der Waals surface area contributed by atoms with Gasteiger partial charge in [-0.05, 0) is 99.3 Å². The molecule has 0 atom stereocenters. The van der Waals surface area contributed by atoms with Crippen LogP contribution in [0.3, 0.4) is 0 Å². The topological polar surface area (TPSA) is 42.4 Å². The molecule has 0 fully saturated rings.